The van der Waals surface area contributed by atoms with Gasteiger partial charge in [-0.1, -0.05) is 20.3 Å². The van der Waals surface area contributed by atoms with Gasteiger partial charge in [0.15, 0.2) is 0 Å². The minimum absolute atomic E-state index is 0.775. The smallest absolute Gasteiger partial charge is 0.0845 e. The van der Waals surface area contributed by atoms with Crippen molar-refractivity contribution in [3.63, 3.8) is 0 Å². The molecule has 0 rings (SSSR count). The summed E-state index contributed by atoms with van der Waals surface area (Å²) in [6.07, 6.45) is 6.27. The lowest BCUT2D eigenvalue weighted by atomic mass is 10.1. The topological polar surface area (TPSA) is 9.23 Å². The monoisotopic (exact) mass is 142 g/mol. The molecule has 0 aliphatic rings. The van der Waals surface area contributed by atoms with E-state index >= 15 is 0 Å². The summed E-state index contributed by atoms with van der Waals surface area (Å²) in [5.74, 6) is 0.789. The summed E-state index contributed by atoms with van der Waals surface area (Å²) in [6.45, 7) is 7.22. The fraction of sp³-hybridized carbons (Fsp3) is 0.778. The largest absolute Gasteiger partial charge is 0.502 e. The Morgan fingerprint density at radius 2 is 2.10 bits per heavy atom. The molecule has 0 spiro atoms. The van der Waals surface area contributed by atoms with Crippen molar-refractivity contribution in [1.29, 1.82) is 0 Å². The van der Waals surface area contributed by atoms with E-state index in [1.54, 1.807) is 6.26 Å². The molecule has 0 N–H and O–H groups in total. The van der Waals surface area contributed by atoms with Gasteiger partial charge in [0.2, 0.25) is 0 Å². The van der Waals surface area contributed by atoms with Gasteiger partial charge < -0.3 is 4.74 Å². The van der Waals surface area contributed by atoms with E-state index in [0.29, 0.717) is 0 Å². The number of rotatable bonds is 5. The highest BCUT2D eigenvalue weighted by Crippen LogP contribution is 2.06. The molecule has 0 bridgehead atoms. The lowest BCUT2D eigenvalue weighted by Crippen LogP contribution is -1.88. The zero-order chi connectivity index (χ0) is 7.82. The molecule has 0 saturated heterocycles. The molecule has 0 aromatic carbocycles. The van der Waals surface area contributed by atoms with E-state index in [0.717, 1.165) is 18.9 Å². The van der Waals surface area contributed by atoms with Gasteiger partial charge in [-0.25, -0.2) is 0 Å². The summed E-state index contributed by atoms with van der Waals surface area (Å²) in [7, 11) is 0. The molecule has 0 aliphatic carbocycles. The SMILES string of the molecule is CCO/C=C\CC(C)CC. The predicted molar refractivity (Wildman–Crippen MR) is 44.8 cm³/mol. The average Bonchev–Trinajstić information content (AvgIpc) is 1.98. The van der Waals surface area contributed by atoms with Crippen molar-refractivity contribution in [2.75, 3.05) is 6.61 Å². The first-order chi connectivity index (χ1) is 4.81. The molecule has 60 valence electrons. The van der Waals surface area contributed by atoms with Crippen LogP contribution in [-0.4, -0.2) is 6.61 Å². The molecule has 0 saturated carbocycles. The van der Waals surface area contributed by atoms with Gasteiger partial charge in [-0.2, -0.15) is 0 Å². The lowest BCUT2D eigenvalue weighted by Gasteiger charge is -2.01. The van der Waals surface area contributed by atoms with E-state index in [1.165, 1.54) is 6.42 Å². The Morgan fingerprint density at radius 3 is 2.60 bits per heavy atom. The van der Waals surface area contributed by atoms with Crippen molar-refractivity contribution < 1.29 is 4.74 Å². The molecule has 0 amide bonds. The second-order valence-electron chi connectivity index (χ2n) is 2.58. The zero-order valence-electron chi connectivity index (χ0n) is 7.26. The van der Waals surface area contributed by atoms with Gasteiger partial charge in [-0.3, -0.25) is 0 Å². The fourth-order valence-corrected chi connectivity index (χ4v) is 0.619. The molecule has 1 nitrogen and oxygen atoms in total. The molecule has 0 aromatic heterocycles. The minimum atomic E-state index is 0.775. The van der Waals surface area contributed by atoms with Crippen LogP contribution in [0.25, 0.3) is 0 Å². The summed E-state index contributed by atoms with van der Waals surface area (Å²) < 4.78 is 5.05. The van der Waals surface area contributed by atoms with Crippen LogP contribution in [-0.2, 0) is 4.74 Å². The number of allylic oxidation sites excluding steroid dienone is 1. The quantitative estimate of drug-likeness (QED) is 0.536. The molecule has 1 atom stereocenters. The summed E-state index contributed by atoms with van der Waals surface area (Å²) in [5, 5.41) is 0. The minimum Gasteiger partial charge on any atom is -0.502 e. The van der Waals surface area contributed by atoms with E-state index < -0.39 is 0 Å². The van der Waals surface area contributed by atoms with Crippen LogP contribution in [0, 0.1) is 5.92 Å². The van der Waals surface area contributed by atoms with Gasteiger partial charge in [-0.15, -0.1) is 0 Å². The van der Waals surface area contributed by atoms with E-state index in [-0.39, 0.29) is 0 Å². The zero-order valence-corrected chi connectivity index (χ0v) is 7.26. The molecule has 0 heterocycles. The Morgan fingerprint density at radius 1 is 1.40 bits per heavy atom. The van der Waals surface area contributed by atoms with E-state index in [2.05, 4.69) is 19.9 Å². The Balaban J connectivity index is 3.16. The summed E-state index contributed by atoms with van der Waals surface area (Å²) in [6, 6.07) is 0. The van der Waals surface area contributed by atoms with Gasteiger partial charge >= 0.3 is 0 Å². The van der Waals surface area contributed by atoms with Crippen molar-refractivity contribution >= 4 is 0 Å². The second-order valence-corrected chi connectivity index (χ2v) is 2.58. The van der Waals surface area contributed by atoms with E-state index in [1.807, 2.05) is 6.92 Å². The van der Waals surface area contributed by atoms with Gasteiger partial charge in [0.05, 0.1) is 12.9 Å². The Kier molecular flexibility index (Phi) is 6.35. The molecule has 0 fully saturated rings. The van der Waals surface area contributed by atoms with Crippen LogP contribution >= 0.6 is 0 Å². The lowest BCUT2D eigenvalue weighted by molar-refractivity contribution is 0.267. The Labute approximate surface area is 64.1 Å². The standard InChI is InChI=1S/C9H18O/c1-4-9(3)7-6-8-10-5-2/h6,8-9H,4-5,7H2,1-3H3/b8-6-. The van der Waals surface area contributed by atoms with Crippen LogP contribution in [0.3, 0.4) is 0 Å². The van der Waals surface area contributed by atoms with Crippen LogP contribution in [0.2, 0.25) is 0 Å². The normalized spacial score (nSPS) is 13.9. The maximum atomic E-state index is 5.05. The van der Waals surface area contributed by atoms with Crippen molar-refractivity contribution in [2.24, 2.45) is 5.92 Å². The van der Waals surface area contributed by atoms with Gasteiger partial charge in [-0.05, 0) is 25.3 Å². The van der Waals surface area contributed by atoms with Crippen molar-refractivity contribution in [2.45, 2.75) is 33.6 Å². The molecule has 0 aliphatic heterocycles. The first-order valence-electron chi connectivity index (χ1n) is 4.07. The second kappa shape index (κ2) is 6.66. The highest BCUT2D eigenvalue weighted by molar-refractivity contribution is 4.75. The van der Waals surface area contributed by atoms with Crippen LogP contribution in [0.1, 0.15) is 33.6 Å². The molecule has 1 heteroatoms. The van der Waals surface area contributed by atoms with Crippen LogP contribution in [0.5, 0.6) is 0 Å². The highest BCUT2D eigenvalue weighted by atomic mass is 16.5. The number of hydrogen-bond donors (Lipinski definition) is 0. The first-order valence-corrected chi connectivity index (χ1v) is 4.07. The fourth-order valence-electron chi connectivity index (χ4n) is 0.619. The van der Waals surface area contributed by atoms with E-state index in [9.17, 15) is 0 Å². The Bertz CT molecular complexity index is 86.7. The maximum Gasteiger partial charge on any atom is 0.0845 e. The van der Waals surface area contributed by atoms with Crippen LogP contribution in [0.15, 0.2) is 12.3 Å². The predicted octanol–water partition coefficient (Wildman–Crippen LogP) is 2.97. The van der Waals surface area contributed by atoms with Gasteiger partial charge in [0, 0.05) is 0 Å². The molecule has 0 radical (unpaired) electrons. The van der Waals surface area contributed by atoms with Gasteiger partial charge in [0.25, 0.3) is 0 Å². The summed E-state index contributed by atoms with van der Waals surface area (Å²) >= 11 is 0. The van der Waals surface area contributed by atoms with Crippen molar-refractivity contribution in [1.82, 2.24) is 0 Å². The third-order valence-electron chi connectivity index (χ3n) is 1.59. The van der Waals surface area contributed by atoms with E-state index in [4.69, 9.17) is 4.74 Å². The van der Waals surface area contributed by atoms with Crippen LogP contribution in [0.4, 0.5) is 0 Å². The highest BCUT2D eigenvalue weighted by Gasteiger charge is 1.92. The third-order valence-corrected chi connectivity index (χ3v) is 1.59. The van der Waals surface area contributed by atoms with Crippen LogP contribution < -0.4 is 0 Å². The van der Waals surface area contributed by atoms with Crippen molar-refractivity contribution in [3.05, 3.63) is 12.3 Å². The maximum absolute atomic E-state index is 5.05. The number of hydrogen-bond acceptors (Lipinski definition) is 1. The molecular weight excluding hydrogens is 124 g/mol. The third kappa shape index (κ3) is 5.67. The first kappa shape index (κ1) is 9.54. The van der Waals surface area contributed by atoms with Gasteiger partial charge in [0.1, 0.15) is 0 Å². The number of ether oxygens (including phenoxy) is 1. The Hall–Kier alpha value is -0.460. The molecular formula is C9H18O. The van der Waals surface area contributed by atoms with Crippen molar-refractivity contribution in [3.8, 4) is 0 Å². The average molecular weight is 142 g/mol. The summed E-state index contributed by atoms with van der Waals surface area (Å²) in [5.41, 5.74) is 0. The molecule has 0 aromatic rings. The molecule has 1 unspecified atom stereocenters. The summed E-state index contributed by atoms with van der Waals surface area (Å²) in [4.78, 5) is 0. The molecule has 10 heavy (non-hydrogen) atoms.